The van der Waals surface area contributed by atoms with Crippen molar-refractivity contribution in [2.24, 2.45) is 5.10 Å². The zero-order valence-electron chi connectivity index (χ0n) is 15.7. The maximum absolute atomic E-state index is 11.6. The number of carbonyl (C=O) groups is 1. The van der Waals surface area contributed by atoms with Crippen LogP contribution in [0, 0.1) is 10.1 Å². The first-order valence-electron chi connectivity index (χ1n) is 8.74. The Morgan fingerprint density at radius 2 is 1.97 bits per heavy atom. The Kier molecular flexibility index (Phi) is 6.78. The van der Waals surface area contributed by atoms with Gasteiger partial charge in [-0.2, -0.15) is 5.10 Å². The third-order valence-electron chi connectivity index (χ3n) is 4.26. The molecule has 0 aliphatic heterocycles. The van der Waals surface area contributed by atoms with Gasteiger partial charge in [-0.05, 0) is 12.1 Å². The molecule has 0 spiro atoms. The van der Waals surface area contributed by atoms with Gasteiger partial charge in [0.1, 0.15) is 17.0 Å². The van der Waals surface area contributed by atoms with Crippen LogP contribution in [0.15, 0.2) is 69.5 Å². The summed E-state index contributed by atoms with van der Waals surface area (Å²) < 4.78 is 5.77. The quantitative estimate of drug-likeness (QED) is 0.203. The van der Waals surface area contributed by atoms with E-state index in [1.54, 1.807) is 11.4 Å². The first kappa shape index (κ1) is 22.1. The SMILES string of the molecule is Br.O=C(O)/C(Cc1ccccc1[N+](=O)[O-])=N\Nc1nc(-c2cc3ccccc3o2)cs1. The number of benzene rings is 2. The van der Waals surface area contributed by atoms with Crippen LogP contribution in [0.25, 0.3) is 22.4 Å². The second-order valence-corrected chi connectivity index (χ2v) is 7.08. The number of nitro benzene ring substituents is 1. The molecule has 2 aromatic carbocycles. The number of hydrogen-bond acceptors (Lipinski definition) is 8. The van der Waals surface area contributed by atoms with Crippen molar-refractivity contribution in [3.05, 3.63) is 75.7 Å². The number of aliphatic carboxylic acids is 1. The number of nitrogens with one attached hydrogen (secondary N) is 1. The molecular weight excluding hydrogens is 488 g/mol. The van der Waals surface area contributed by atoms with Gasteiger partial charge in [0.05, 0.1) is 4.92 Å². The lowest BCUT2D eigenvalue weighted by atomic mass is 10.1. The fraction of sp³-hybridized carbons (Fsp3) is 0.0500. The van der Waals surface area contributed by atoms with E-state index in [-0.39, 0.29) is 40.4 Å². The van der Waals surface area contributed by atoms with Crippen LogP contribution in [0.5, 0.6) is 0 Å². The molecule has 0 saturated carbocycles. The molecule has 0 bridgehead atoms. The first-order chi connectivity index (χ1) is 14.5. The second-order valence-electron chi connectivity index (χ2n) is 6.22. The maximum Gasteiger partial charge on any atom is 0.352 e. The minimum Gasteiger partial charge on any atom is -0.477 e. The lowest BCUT2D eigenvalue weighted by molar-refractivity contribution is -0.385. The van der Waals surface area contributed by atoms with Gasteiger partial charge >= 0.3 is 5.97 Å². The normalized spacial score (nSPS) is 11.2. The van der Waals surface area contributed by atoms with Gasteiger partial charge in [0, 0.05) is 28.8 Å². The van der Waals surface area contributed by atoms with Crippen LogP contribution >= 0.6 is 28.3 Å². The van der Waals surface area contributed by atoms with Crippen molar-refractivity contribution in [1.29, 1.82) is 0 Å². The number of hydrogen-bond donors (Lipinski definition) is 2. The molecule has 158 valence electrons. The summed E-state index contributed by atoms with van der Waals surface area (Å²) in [5.74, 6) is -0.697. The van der Waals surface area contributed by atoms with E-state index >= 15 is 0 Å². The van der Waals surface area contributed by atoms with Crippen molar-refractivity contribution in [3.8, 4) is 11.5 Å². The van der Waals surface area contributed by atoms with E-state index in [9.17, 15) is 20.0 Å². The largest absolute Gasteiger partial charge is 0.477 e. The summed E-state index contributed by atoms with van der Waals surface area (Å²) in [6.45, 7) is 0. The van der Waals surface area contributed by atoms with Gasteiger partial charge < -0.3 is 9.52 Å². The van der Waals surface area contributed by atoms with Gasteiger partial charge in [-0.15, -0.1) is 28.3 Å². The highest BCUT2D eigenvalue weighted by molar-refractivity contribution is 8.93. The maximum atomic E-state index is 11.6. The zero-order valence-corrected chi connectivity index (χ0v) is 18.2. The Morgan fingerprint density at radius 1 is 1.23 bits per heavy atom. The molecule has 2 heterocycles. The van der Waals surface area contributed by atoms with E-state index in [0.29, 0.717) is 16.6 Å². The summed E-state index contributed by atoms with van der Waals surface area (Å²) in [5, 5.41) is 27.6. The molecule has 0 atom stereocenters. The Balaban J connectivity index is 0.00000272. The van der Waals surface area contributed by atoms with Gasteiger partial charge in [0.2, 0.25) is 5.13 Å². The predicted octanol–water partition coefficient (Wildman–Crippen LogP) is 5.14. The first-order valence-corrected chi connectivity index (χ1v) is 9.62. The van der Waals surface area contributed by atoms with Gasteiger partial charge in [-0.1, -0.05) is 36.4 Å². The average Bonchev–Trinajstić information content (AvgIpc) is 3.37. The van der Waals surface area contributed by atoms with Crippen molar-refractivity contribution < 1.29 is 19.2 Å². The van der Waals surface area contributed by atoms with Crippen molar-refractivity contribution in [2.45, 2.75) is 6.42 Å². The van der Waals surface area contributed by atoms with Crippen LogP contribution in [0.1, 0.15) is 5.56 Å². The fourth-order valence-electron chi connectivity index (χ4n) is 2.84. The van der Waals surface area contributed by atoms with Crippen molar-refractivity contribution in [1.82, 2.24) is 4.98 Å². The lowest BCUT2D eigenvalue weighted by Gasteiger charge is -2.03. The average molecular weight is 503 g/mol. The molecule has 0 aliphatic carbocycles. The third-order valence-corrected chi connectivity index (χ3v) is 5.01. The minimum absolute atomic E-state index is 0. The van der Waals surface area contributed by atoms with Crippen molar-refractivity contribution in [3.63, 3.8) is 0 Å². The Bertz CT molecular complexity index is 1250. The lowest BCUT2D eigenvalue weighted by Crippen LogP contribution is -2.18. The van der Waals surface area contributed by atoms with E-state index in [1.807, 2.05) is 30.3 Å². The zero-order chi connectivity index (χ0) is 21.1. The number of halogens is 1. The number of hydrazone groups is 1. The molecule has 0 radical (unpaired) electrons. The molecule has 0 unspecified atom stereocenters. The van der Waals surface area contributed by atoms with E-state index in [1.165, 1.54) is 29.5 Å². The Morgan fingerprint density at radius 3 is 2.71 bits per heavy atom. The van der Waals surface area contributed by atoms with Crippen LogP contribution in [0.2, 0.25) is 0 Å². The number of furan rings is 1. The van der Waals surface area contributed by atoms with Crippen molar-refractivity contribution >= 4 is 61.8 Å². The number of carboxylic acids is 1. The summed E-state index contributed by atoms with van der Waals surface area (Å²) >= 11 is 1.23. The number of nitrogens with zero attached hydrogens (tertiary/aromatic N) is 3. The molecular formula is C20H15BrN4O5S. The van der Waals surface area contributed by atoms with E-state index in [0.717, 1.165) is 11.0 Å². The summed E-state index contributed by atoms with van der Waals surface area (Å²) in [6.07, 6.45) is -0.207. The monoisotopic (exact) mass is 502 g/mol. The molecule has 31 heavy (non-hydrogen) atoms. The second kappa shape index (κ2) is 9.49. The number of rotatable bonds is 7. The molecule has 9 nitrogen and oxygen atoms in total. The number of thiazole rings is 1. The van der Waals surface area contributed by atoms with E-state index < -0.39 is 10.9 Å². The van der Waals surface area contributed by atoms with Crippen LogP contribution in [-0.2, 0) is 11.2 Å². The highest BCUT2D eigenvalue weighted by Crippen LogP contribution is 2.30. The van der Waals surface area contributed by atoms with Gasteiger partial charge in [-0.3, -0.25) is 15.5 Å². The third kappa shape index (κ3) is 4.95. The van der Waals surface area contributed by atoms with E-state index in [2.05, 4.69) is 15.5 Å². The molecule has 0 amide bonds. The summed E-state index contributed by atoms with van der Waals surface area (Å²) in [5.41, 5.74) is 3.78. The number of nitro groups is 1. The topological polar surface area (TPSA) is 131 Å². The molecule has 4 rings (SSSR count). The van der Waals surface area contributed by atoms with Crippen LogP contribution in [-0.4, -0.2) is 26.7 Å². The van der Waals surface area contributed by atoms with Crippen molar-refractivity contribution in [2.75, 3.05) is 5.43 Å². The molecule has 0 fully saturated rings. The van der Waals surface area contributed by atoms with Gasteiger partial charge in [0.15, 0.2) is 5.76 Å². The number of para-hydroxylation sites is 2. The number of carboxylic acid groups (broad SMARTS) is 1. The van der Waals surface area contributed by atoms with Crippen LogP contribution in [0.3, 0.4) is 0 Å². The molecule has 2 aromatic heterocycles. The molecule has 0 saturated heterocycles. The number of aromatic nitrogens is 1. The number of fused-ring (bicyclic) bond motifs is 1. The Labute approximate surface area is 190 Å². The Hall–Kier alpha value is -3.57. The highest BCUT2D eigenvalue weighted by Gasteiger charge is 2.19. The number of anilines is 1. The standard InChI is InChI=1S/C20H14N4O5S.BrH/c25-19(26)14(9-12-5-1-3-7-16(12)24(27)28)22-23-20-21-15(11-30-20)18-10-13-6-2-4-8-17(13)29-18;/h1-8,10-11H,9H2,(H,21,23)(H,25,26);1H/b22-14-;. The minimum atomic E-state index is -1.28. The molecule has 4 aromatic rings. The molecule has 11 heteroatoms. The smallest absolute Gasteiger partial charge is 0.352 e. The molecule has 2 N–H and O–H groups in total. The van der Waals surface area contributed by atoms with Crippen LogP contribution < -0.4 is 5.43 Å². The highest BCUT2D eigenvalue weighted by atomic mass is 79.9. The fourth-order valence-corrected chi connectivity index (χ4v) is 3.48. The van der Waals surface area contributed by atoms with Crippen LogP contribution in [0.4, 0.5) is 10.8 Å². The summed E-state index contributed by atoms with van der Waals surface area (Å²) in [4.78, 5) is 26.5. The molecule has 0 aliphatic rings. The van der Waals surface area contributed by atoms with Gasteiger partial charge in [-0.25, -0.2) is 9.78 Å². The summed E-state index contributed by atoms with van der Waals surface area (Å²) in [7, 11) is 0. The predicted molar refractivity (Wildman–Crippen MR) is 123 cm³/mol. The van der Waals surface area contributed by atoms with Gasteiger partial charge in [0.25, 0.3) is 5.69 Å². The van der Waals surface area contributed by atoms with E-state index in [4.69, 9.17) is 4.42 Å². The summed E-state index contributed by atoms with van der Waals surface area (Å²) in [6, 6.07) is 15.4.